The fourth-order valence-corrected chi connectivity index (χ4v) is 3.62. The third-order valence-corrected chi connectivity index (χ3v) is 5.59. The molecule has 0 aliphatic carbocycles. The zero-order valence-electron chi connectivity index (χ0n) is 17.2. The molecule has 5 nitrogen and oxygen atoms in total. The van der Waals surface area contributed by atoms with Gasteiger partial charge in [-0.2, -0.15) is 0 Å². The molecule has 4 aromatic rings. The van der Waals surface area contributed by atoms with Gasteiger partial charge < -0.3 is 10.3 Å². The molecule has 0 aliphatic heterocycles. The first-order valence-corrected chi connectivity index (χ1v) is 10.9. The summed E-state index contributed by atoms with van der Waals surface area (Å²) in [4.78, 5) is 20.7. The van der Waals surface area contributed by atoms with Gasteiger partial charge in [0, 0.05) is 39.4 Å². The largest absolute Gasteiger partial charge is 0.361 e. The van der Waals surface area contributed by atoms with Gasteiger partial charge in [0.1, 0.15) is 0 Å². The van der Waals surface area contributed by atoms with Gasteiger partial charge in [0.05, 0.1) is 0 Å². The summed E-state index contributed by atoms with van der Waals surface area (Å²) < 4.78 is 0.926. The number of anilines is 1. The molecule has 0 saturated heterocycles. The molecule has 3 N–H and O–H groups in total. The van der Waals surface area contributed by atoms with Crippen molar-refractivity contribution in [1.82, 2.24) is 10.3 Å². The maximum atomic E-state index is 12.8. The number of nitrogens with zero attached hydrogens (tertiary/aromatic N) is 1. The van der Waals surface area contributed by atoms with E-state index in [0.717, 1.165) is 27.7 Å². The molecule has 1 heterocycles. The Kier molecular flexibility index (Phi) is 6.48. The molecule has 4 rings (SSSR count). The summed E-state index contributed by atoms with van der Waals surface area (Å²) in [6.45, 7) is 2.55. The highest BCUT2D eigenvalue weighted by Crippen LogP contribution is 2.18. The summed E-state index contributed by atoms with van der Waals surface area (Å²) in [5.41, 5.74) is 4.87. The van der Waals surface area contributed by atoms with E-state index < -0.39 is 0 Å². The maximum absolute atomic E-state index is 12.8. The lowest BCUT2D eigenvalue weighted by molar-refractivity contribution is 0.0977. The summed E-state index contributed by atoms with van der Waals surface area (Å²) in [6, 6.07) is 23.4. The molecule has 0 radical (unpaired) electrons. The van der Waals surface area contributed by atoms with Crippen LogP contribution >= 0.6 is 15.9 Å². The Morgan fingerprint density at radius 2 is 1.74 bits per heavy atom. The van der Waals surface area contributed by atoms with E-state index in [1.807, 2.05) is 61.7 Å². The molecule has 0 saturated carbocycles. The quantitative estimate of drug-likeness (QED) is 0.257. The van der Waals surface area contributed by atoms with Gasteiger partial charge in [-0.05, 0) is 60.9 Å². The summed E-state index contributed by atoms with van der Waals surface area (Å²) >= 11 is 3.40. The topological polar surface area (TPSA) is 69.3 Å². The lowest BCUT2D eigenvalue weighted by atomic mass is 10.1. The molecule has 156 valence electrons. The number of H-pyrrole nitrogens is 1. The van der Waals surface area contributed by atoms with Crippen LogP contribution in [0.3, 0.4) is 0 Å². The van der Waals surface area contributed by atoms with E-state index in [-0.39, 0.29) is 5.91 Å². The van der Waals surface area contributed by atoms with Gasteiger partial charge in [-0.3, -0.25) is 15.1 Å². The van der Waals surface area contributed by atoms with Crippen molar-refractivity contribution in [2.75, 3.05) is 11.9 Å². The highest BCUT2D eigenvalue weighted by molar-refractivity contribution is 9.10. The summed E-state index contributed by atoms with van der Waals surface area (Å²) in [6.07, 6.45) is 2.78. The maximum Gasteiger partial charge on any atom is 0.257 e. The Labute approximate surface area is 189 Å². The van der Waals surface area contributed by atoms with Crippen molar-refractivity contribution in [1.29, 1.82) is 0 Å². The number of aromatic nitrogens is 1. The first-order chi connectivity index (χ1) is 15.1. The van der Waals surface area contributed by atoms with Gasteiger partial charge in [-0.1, -0.05) is 52.3 Å². The summed E-state index contributed by atoms with van der Waals surface area (Å²) in [5, 5.41) is 7.40. The molecule has 1 amide bonds. The van der Waals surface area contributed by atoms with Gasteiger partial charge in [-0.25, -0.2) is 0 Å². The van der Waals surface area contributed by atoms with Crippen LogP contribution < -0.4 is 10.6 Å². The zero-order chi connectivity index (χ0) is 21.6. The lowest BCUT2D eigenvalue weighted by Gasteiger charge is -2.13. The van der Waals surface area contributed by atoms with Crippen molar-refractivity contribution >= 4 is 44.4 Å². The number of amides is 1. The van der Waals surface area contributed by atoms with E-state index in [4.69, 9.17) is 0 Å². The molecular formula is C25H23BrN4O. The average Bonchev–Trinajstić information content (AvgIpc) is 3.19. The first-order valence-electron chi connectivity index (χ1n) is 10.1. The number of hydrogen-bond acceptors (Lipinski definition) is 2. The van der Waals surface area contributed by atoms with Crippen molar-refractivity contribution in [2.45, 2.75) is 13.3 Å². The molecule has 0 aliphatic rings. The standard InChI is InChI=1S/C25H23BrN4O/c1-17-6-2-4-8-22(17)29-25(30-24(31)18-10-12-20(26)13-11-18)27-15-14-19-16-28-23-9-5-3-7-21(19)23/h2-13,16,28H,14-15H2,1H3,(H2,27,29,30,31). The molecule has 0 spiro atoms. The minimum Gasteiger partial charge on any atom is -0.361 e. The minimum absolute atomic E-state index is 0.209. The second-order valence-electron chi connectivity index (χ2n) is 7.24. The van der Waals surface area contributed by atoms with E-state index in [1.54, 1.807) is 12.1 Å². The van der Waals surface area contributed by atoms with Crippen LogP contribution in [0, 0.1) is 6.92 Å². The number of aryl methyl sites for hydroxylation is 1. The normalized spacial score (nSPS) is 11.5. The molecule has 3 aromatic carbocycles. The molecule has 31 heavy (non-hydrogen) atoms. The van der Waals surface area contributed by atoms with Crippen molar-refractivity contribution in [3.8, 4) is 0 Å². The summed E-state index contributed by atoms with van der Waals surface area (Å²) in [7, 11) is 0. The summed E-state index contributed by atoms with van der Waals surface area (Å²) in [5.74, 6) is 0.224. The number of guanidine groups is 1. The Morgan fingerprint density at radius 1 is 1.00 bits per heavy atom. The van der Waals surface area contributed by atoms with E-state index in [0.29, 0.717) is 18.1 Å². The Hall–Kier alpha value is -3.38. The lowest BCUT2D eigenvalue weighted by Crippen LogP contribution is -2.36. The average molecular weight is 475 g/mol. The van der Waals surface area contributed by atoms with Crippen LogP contribution in [0.5, 0.6) is 0 Å². The molecule has 1 aromatic heterocycles. The third kappa shape index (κ3) is 5.22. The third-order valence-electron chi connectivity index (χ3n) is 5.06. The number of rotatable bonds is 5. The fourth-order valence-electron chi connectivity index (χ4n) is 3.36. The molecule has 6 heteroatoms. The molecular weight excluding hydrogens is 452 g/mol. The number of benzene rings is 3. The van der Waals surface area contributed by atoms with Gasteiger partial charge in [0.25, 0.3) is 5.91 Å². The van der Waals surface area contributed by atoms with Gasteiger partial charge in [0.15, 0.2) is 0 Å². The predicted octanol–water partition coefficient (Wildman–Crippen LogP) is 5.68. The number of nitrogens with one attached hydrogen (secondary N) is 3. The molecule has 0 bridgehead atoms. The van der Waals surface area contributed by atoms with Crippen LogP contribution in [0.15, 0.2) is 88.5 Å². The number of aliphatic imine (C=N–C) groups is 1. The number of hydrogen-bond donors (Lipinski definition) is 3. The molecule has 0 fully saturated rings. The second-order valence-corrected chi connectivity index (χ2v) is 8.16. The Balaban J connectivity index is 1.52. The van der Waals surface area contributed by atoms with Crippen molar-refractivity contribution < 1.29 is 4.79 Å². The van der Waals surface area contributed by atoms with Crippen LogP contribution in [-0.4, -0.2) is 23.4 Å². The van der Waals surface area contributed by atoms with E-state index in [1.165, 1.54) is 10.9 Å². The van der Waals surface area contributed by atoms with Crippen LogP contribution in [-0.2, 0) is 6.42 Å². The van der Waals surface area contributed by atoms with Crippen molar-refractivity contribution in [2.24, 2.45) is 4.99 Å². The van der Waals surface area contributed by atoms with Gasteiger partial charge in [-0.15, -0.1) is 0 Å². The second kappa shape index (κ2) is 9.62. The number of para-hydroxylation sites is 2. The van der Waals surface area contributed by atoms with Crippen molar-refractivity contribution in [3.63, 3.8) is 0 Å². The van der Waals surface area contributed by atoms with E-state index in [9.17, 15) is 4.79 Å². The number of fused-ring (bicyclic) bond motifs is 1. The smallest absolute Gasteiger partial charge is 0.257 e. The highest BCUT2D eigenvalue weighted by Gasteiger charge is 2.11. The predicted molar refractivity (Wildman–Crippen MR) is 131 cm³/mol. The van der Waals surface area contributed by atoms with E-state index >= 15 is 0 Å². The number of halogens is 1. The fraction of sp³-hybridized carbons (Fsp3) is 0.120. The molecule has 0 unspecified atom stereocenters. The van der Waals surface area contributed by atoms with Crippen LogP contribution in [0.25, 0.3) is 10.9 Å². The van der Waals surface area contributed by atoms with Crippen LogP contribution in [0.4, 0.5) is 5.69 Å². The number of carbonyl (C=O) groups is 1. The monoisotopic (exact) mass is 474 g/mol. The van der Waals surface area contributed by atoms with Crippen LogP contribution in [0.2, 0.25) is 0 Å². The Morgan fingerprint density at radius 3 is 2.55 bits per heavy atom. The Bertz CT molecular complexity index is 1230. The van der Waals surface area contributed by atoms with E-state index in [2.05, 4.69) is 48.7 Å². The minimum atomic E-state index is -0.209. The van der Waals surface area contributed by atoms with Gasteiger partial charge in [0.2, 0.25) is 5.96 Å². The number of aromatic amines is 1. The van der Waals surface area contributed by atoms with Crippen LogP contribution in [0.1, 0.15) is 21.5 Å². The first kappa shape index (κ1) is 20.9. The zero-order valence-corrected chi connectivity index (χ0v) is 18.7. The molecule has 0 atom stereocenters. The van der Waals surface area contributed by atoms with Crippen molar-refractivity contribution in [3.05, 3.63) is 100 Å². The highest BCUT2D eigenvalue weighted by atomic mass is 79.9. The van der Waals surface area contributed by atoms with Gasteiger partial charge >= 0.3 is 0 Å². The SMILES string of the molecule is Cc1ccccc1NC(=NCCc1c[nH]c2ccccc12)NC(=O)c1ccc(Br)cc1. The number of carbonyl (C=O) groups excluding carboxylic acids is 1.